The quantitative estimate of drug-likeness (QED) is 0.167. The number of sulfone groups is 1. The fourth-order valence-electron chi connectivity index (χ4n) is 3.62. The number of aromatic hydroxyl groups is 2. The van der Waals surface area contributed by atoms with Crippen LogP contribution in [0.4, 0.5) is 11.4 Å². The van der Waals surface area contributed by atoms with Gasteiger partial charge in [-0.05, 0) is 84.9 Å². The normalized spacial score (nSPS) is 10.9. The van der Waals surface area contributed by atoms with E-state index in [0.29, 0.717) is 0 Å². The monoisotopic (exact) mass is 576 g/mol. The highest BCUT2D eigenvalue weighted by Gasteiger charge is 2.22. The van der Waals surface area contributed by atoms with Crippen LogP contribution in [-0.4, -0.2) is 52.6 Å². The fraction of sp³-hybridized carbons (Fsp3) is 0. The number of carboxylic acids is 2. The molecule has 0 bridgehead atoms. The SMILES string of the molecule is O=C(O)c1ccc(C(=O)Nc2cc(S(=O)(=O)c3ccc(O)c(NC(=O)c4ccc(C(=O)O)cc4)c3)ccc2O)cc1. The van der Waals surface area contributed by atoms with Crippen LogP contribution >= 0.6 is 0 Å². The molecule has 0 atom stereocenters. The Morgan fingerprint density at radius 1 is 0.512 bits per heavy atom. The number of phenolic OH excluding ortho intramolecular Hbond substituents is 2. The number of carboxylic acid groups (broad SMARTS) is 2. The molecule has 12 nitrogen and oxygen atoms in total. The first kappa shape index (κ1) is 28.3. The van der Waals surface area contributed by atoms with Gasteiger partial charge in [0.1, 0.15) is 11.5 Å². The van der Waals surface area contributed by atoms with Gasteiger partial charge >= 0.3 is 11.9 Å². The van der Waals surface area contributed by atoms with Gasteiger partial charge in [0.15, 0.2) is 0 Å². The molecular weight excluding hydrogens is 556 g/mol. The molecule has 6 N–H and O–H groups in total. The Morgan fingerprint density at radius 3 is 1.15 bits per heavy atom. The van der Waals surface area contributed by atoms with Gasteiger partial charge in [0.05, 0.1) is 32.3 Å². The average Bonchev–Trinajstić information content (AvgIpc) is 2.95. The molecule has 0 unspecified atom stereocenters. The molecule has 0 fully saturated rings. The predicted molar refractivity (Wildman–Crippen MR) is 144 cm³/mol. The minimum atomic E-state index is -4.30. The predicted octanol–water partition coefficient (Wildman–Crippen LogP) is 3.83. The van der Waals surface area contributed by atoms with Gasteiger partial charge in [-0.1, -0.05) is 0 Å². The van der Waals surface area contributed by atoms with Crippen molar-refractivity contribution in [1.82, 2.24) is 0 Å². The summed E-state index contributed by atoms with van der Waals surface area (Å²) >= 11 is 0. The largest absolute Gasteiger partial charge is 0.506 e. The van der Waals surface area contributed by atoms with Crippen molar-refractivity contribution >= 4 is 45.0 Å². The molecule has 0 saturated carbocycles. The second kappa shape index (κ2) is 11.2. The van der Waals surface area contributed by atoms with E-state index in [0.717, 1.165) is 36.4 Å². The van der Waals surface area contributed by atoms with E-state index < -0.39 is 45.1 Å². The van der Waals surface area contributed by atoms with Gasteiger partial charge in [-0.3, -0.25) is 9.59 Å². The molecule has 4 rings (SSSR count). The van der Waals surface area contributed by atoms with Crippen molar-refractivity contribution in [2.75, 3.05) is 10.6 Å². The topological polar surface area (TPSA) is 207 Å². The van der Waals surface area contributed by atoms with Crippen molar-refractivity contribution < 1.29 is 48.0 Å². The number of aromatic carboxylic acids is 2. The highest BCUT2D eigenvalue weighted by atomic mass is 32.2. The second-order valence-electron chi connectivity index (χ2n) is 8.53. The van der Waals surface area contributed by atoms with E-state index in [2.05, 4.69) is 10.6 Å². The summed E-state index contributed by atoms with van der Waals surface area (Å²) in [4.78, 5) is 46.6. The number of rotatable bonds is 8. The van der Waals surface area contributed by atoms with Gasteiger partial charge in [0.2, 0.25) is 9.84 Å². The van der Waals surface area contributed by atoms with Crippen LogP contribution in [-0.2, 0) is 9.84 Å². The molecule has 41 heavy (non-hydrogen) atoms. The molecule has 0 aliphatic heterocycles. The summed E-state index contributed by atoms with van der Waals surface area (Å²) < 4.78 is 26.8. The summed E-state index contributed by atoms with van der Waals surface area (Å²) in [7, 11) is -4.30. The maximum absolute atomic E-state index is 13.4. The average molecular weight is 577 g/mol. The van der Waals surface area contributed by atoms with Gasteiger partial charge in [0, 0.05) is 11.1 Å². The molecule has 0 aliphatic carbocycles. The van der Waals surface area contributed by atoms with E-state index in [1.165, 1.54) is 48.5 Å². The van der Waals surface area contributed by atoms with Crippen LogP contribution in [0.15, 0.2) is 94.7 Å². The smallest absolute Gasteiger partial charge is 0.335 e. The summed E-state index contributed by atoms with van der Waals surface area (Å²) in [5.41, 5.74) is -0.458. The van der Waals surface area contributed by atoms with Crippen LogP contribution in [0.2, 0.25) is 0 Å². The lowest BCUT2D eigenvalue weighted by Crippen LogP contribution is -2.14. The molecule has 0 radical (unpaired) electrons. The summed E-state index contributed by atoms with van der Waals surface area (Å²) in [6.07, 6.45) is 0. The molecular formula is C28H20N2O10S. The van der Waals surface area contributed by atoms with Crippen LogP contribution in [0.25, 0.3) is 0 Å². The fourth-order valence-corrected chi connectivity index (χ4v) is 4.93. The van der Waals surface area contributed by atoms with E-state index in [-0.39, 0.29) is 43.4 Å². The van der Waals surface area contributed by atoms with E-state index >= 15 is 0 Å². The Morgan fingerprint density at radius 2 is 0.829 bits per heavy atom. The Hall–Kier alpha value is -5.69. The van der Waals surface area contributed by atoms with Crippen molar-refractivity contribution in [3.8, 4) is 11.5 Å². The second-order valence-corrected chi connectivity index (χ2v) is 10.5. The maximum Gasteiger partial charge on any atom is 0.335 e. The van der Waals surface area contributed by atoms with Crippen molar-refractivity contribution in [3.63, 3.8) is 0 Å². The maximum atomic E-state index is 13.4. The first-order valence-corrected chi connectivity index (χ1v) is 13.1. The molecule has 4 aromatic rings. The van der Waals surface area contributed by atoms with Crippen LogP contribution in [0, 0.1) is 0 Å². The lowest BCUT2D eigenvalue weighted by atomic mass is 10.1. The highest BCUT2D eigenvalue weighted by molar-refractivity contribution is 7.91. The Labute approximate surface area is 232 Å². The van der Waals surface area contributed by atoms with Crippen LogP contribution in [0.1, 0.15) is 41.4 Å². The third-order valence-electron chi connectivity index (χ3n) is 5.84. The van der Waals surface area contributed by atoms with Crippen LogP contribution < -0.4 is 10.6 Å². The lowest BCUT2D eigenvalue weighted by Gasteiger charge is -2.13. The molecule has 0 aromatic heterocycles. The third kappa shape index (κ3) is 6.15. The Kier molecular flexibility index (Phi) is 7.73. The van der Waals surface area contributed by atoms with Crippen LogP contribution in [0.3, 0.4) is 0 Å². The number of anilines is 2. The van der Waals surface area contributed by atoms with Crippen molar-refractivity contribution in [2.24, 2.45) is 0 Å². The molecule has 208 valence electrons. The van der Waals surface area contributed by atoms with E-state index in [9.17, 15) is 37.8 Å². The molecule has 0 spiro atoms. The van der Waals surface area contributed by atoms with Crippen molar-refractivity contribution in [2.45, 2.75) is 9.79 Å². The molecule has 2 amide bonds. The molecule has 0 aliphatic rings. The first-order chi connectivity index (χ1) is 19.4. The zero-order valence-corrected chi connectivity index (χ0v) is 21.5. The number of hydrogen-bond acceptors (Lipinski definition) is 8. The number of nitrogens with one attached hydrogen (secondary N) is 2. The molecule has 13 heteroatoms. The summed E-state index contributed by atoms with van der Waals surface area (Å²) in [5, 5.41) is 43.2. The first-order valence-electron chi connectivity index (χ1n) is 11.6. The standard InChI is InChI=1S/C28H20N2O10S/c31-23-11-9-19(13-21(23)29-25(33)15-1-5-17(6-2-15)27(35)36)41(39,40)20-10-12-24(32)22(14-20)30-26(34)16-3-7-18(8-4-16)28(37)38/h1-14,31-32H,(H,29,33)(H,30,34)(H,35,36)(H,37,38). The minimum Gasteiger partial charge on any atom is -0.506 e. The van der Waals surface area contributed by atoms with Gasteiger partial charge in [-0.25, -0.2) is 18.0 Å². The highest BCUT2D eigenvalue weighted by Crippen LogP contribution is 2.33. The molecule has 0 heterocycles. The summed E-state index contributed by atoms with van der Waals surface area (Å²) in [6, 6.07) is 16.2. The van der Waals surface area contributed by atoms with Crippen LogP contribution in [0.5, 0.6) is 11.5 Å². The van der Waals surface area contributed by atoms with Crippen molar-refractivity contribution in [1.29, 1.82) is 0 Å². The number of hydrogen-bond donors (Lipinski definition) is 6. The summed E-state index contributed by atoms with van der Waals surface area (Å²) in [6.45, 7) is 0. The Balaban J connectivity index is 1.58. The zero-order valence-electron chi connectivity index (χ0n) is 20.7. The number of benzene rings is 4. The third-order valence-corrected chi connectivity index (χ3v) is 7.59. The van der Waals surface area contributed by atoms with E-state index in [1.54, 1.807) is 0 Å². The number of carbonyl (C=O) groups is 4. The molecule has 4 aromatic carbocycles. The van der Waals surface area contributed by atoms with Gasteiger partial charge in [-0.2, -0.15) is 0 Å². The Bertz CT molecular complexity index is 1670. The number of carbonyl (C=O) groups excluding carboxylic acids is 2. The minimum absolute atomic E-state index is 0.0435. The van der Waals surface area contributed by atoms with Crippen molar-refractivity contribution in [3.05, 3.63) is 107 Å². The number of amides is 2. The zero-order chi connectivity index (χ0) is 29.9. The molecule has 0 saturated heterocycles. The lowest BCUT2D eigenvalue weighted by molar-refractivity contribution is 0.0686. The summed E-state index contributed by atoms with van der Waals surface area (Å²) in [5.74, 6) is -4.72. The van der Waals surface area contributed by atoms with E-state index in [1.807, 2.05) is 0 Å². The van der Waals surface area contributed by atoms with E-state index in [4.69, 9.17) is 10.2 Å². The van der Waals surface area contributed by atoms with Gasteiger partial charge < -0.3 is 31.1 Å². The van der Waals surface area contributed by atoms with Gasteiger partial charge in [0.25, 0.3) is 11.8 Å². The number of phenols is 2. The van der Waals surface area contributed by atoms with Gasteiger partial charge in [-0.15, -0.1) is 0 Å².